The number of rotatable bonds is 13. The fraction of sp³-hybridized carbons (Fsp3) is 0.320. The zero-order chi connectivity index (χ0) is 26.8. The molecule has 1 heterocycles. The Bertz CT molecular complexity index is 1190. The SMILES string of the molecule is CNc1cccc(OC[C@@H](C)NC(=O)[C@H](O)CCO)c1C(=N)Nc1ccc(OCc2cscn2)c(Cl)c1. The molecule has 0 fully saturated rings. The molecule has 0 unspecified atom stereocenters. The Hall–Kier alpha value is -3.38. The number of aromatic nitrogens is 1. The van der Waals surface area contributed by atoms with E-state index in [9.17, 15) is 9.90 Å². The van der Waals surface area contributed by atoms with Crippen molar-refractivity contribution in [2.45, 2.75) is 32.1 Å². The van der Waals surface area contributed by atoms with Crippen molar-refractivity contribution in [1.29, 1.82) is 5.41 Å². The number of carbonyl (C=O) groups is 1. The molecule has 12 heteroatoms. The molecular formula is C25H30ClN5O5S. The number of ether oxygens (including phenoxy) is 2. The van der Waals surface area contributed by atoms with E-state index >= 15 is 0 Å². The first-order chi connectivity index (χ1) is 17.8. The number of benzene rings is 2. The molecular weight excluding hydrogens is 518 g/mol. The molecule has 0 radical (unpaired) electrons. The van der Waals surface area contributed by atoms with Crippen LogP contribution in [0.1, 0.15) is 24.6 Å². The fourth-order valence-electron chi connectivity index (χ4n) is 3.33. The first-order valence-corrected chi connectivity index (χ1v) is 12.8. The first-order valence-electron chi connectivity index (χ1n) is 11.5. The minimum atomic E-state index is -1.29. The van der Waals surface area contributed by atoms with Gasteiger partial charge in [-0.3, -0.25) is 10.2 Å². The molecule has 0 spiro atoms. The van der Waals surface area contributed by atoms with Gasteiger partial charge < -0.3 is 35.6 Å². The van der Waals surface area contributed by atoms with Gasteiger partial charge in [0.05, 0.1) is 27.8 Å². The van der Waals surface area contributed by atoms with Gasteiger partial charge in [0.25, 0.3) is 0 Å². The number of hydrogen-bond donors (Lipinski definition) is 6. The second-order valence-corrected chi connectivity index (χ2v) is 9.22. The lowest BCUT2D eigenvalue weighted by Gasteiger charge is -2.20. The predicted octanol–water partition coefficient (Wildman–Crippen LogP) is 3.48. The largest absolute Gasteiger partial charge is 0.491 e. The van der Waals surface area contributed by atoms with Crippen molar-refractivity contribution < 1.29 is 24.5 Å². The third-order valence-corrected chi connectivity index (χ3v) is 6.12. The van der Waals surface area contributed by atoms with Gasteiger partial charge in [-0.2, -0.15) is 0 Å². The van der Waals surface area contributed by atoms with Crippen LogP contribution in [0.5, 0.6) is 11.5 Å². The zero-order valence-corrected chi connectivity index (χ0v) is 22.0. The molecule has 3 rings (SSSR count). The fourth-order valence-corrected chi connectivity index (χ4v) is 4.11. The van der Waals surface area contributed by atoms with Crippen molar-refractivity contribution in [2.24, 2.45) is 0 Å². The van der Waals surface area contributed by atoms with Crippen molar-refractivity contribution in [1.82, 2.24) is 10.3 Å². The number of nitrogens with one attached hydrogen (secondary N) is 4. The van der Waals surface area contributed by atoms with Crippen LogP contribution in [0.25, 0.3) is 0 Å². The summed E-state index contributed by atoms with van der Waals surface area (Å²) in [5.41, 5.74) is 4.30. The average molecular weight is 548 g/mol. The maximum atomic E-state index is 12.0. The monoisotopic (exact) mass is 547 g/mol. The van der Waals surface area contributed by atoms with Gasteiger partial charge in [0.1, 0.15) is 36.7 Å². The topological polar surface area (TPSA) is 149 Å². The number of thiazole rings is 1. The summed E-state index contributed by atoms with van der Waals surface area (Å²) in [6.45, 7) is 1.85. The molecule has 1 aromatic heterocycles. The number of aliphatic hydroxyl groups excluding tert-OH is 2. The molecule has 2 atom stereocenters. The minimum Gasteiger partial charge on any atom is -0.491 e. The van der Waals surface area contributed by atoms with Gasteiger partial charge in [-0.05, 0) is 37.3 Å². The number of nitrogens with zero attached hydrogens (tertiary/aromatic N) is 1. The van der Waals surface area contributed by atoms with Gasteiger partial charge in [-0.1, -0.05) is 17.7 Å². The number of hydrogen-bond acceptors (Lipinski definition) is 9. The van der Waals surface area contributed by atoms with Crippen LogP contribution in [0.15, 0.2) is 47.3 Å². The number of anilines is 2. The molecule has 10 nitrogen and oxygen atoms in total. The second kappa shape index (κ2) is 13.8. The van der Waals surface area contributed by atoms with Crippen LogP contribution in [0.3, 0.4) is 0 Å². The highest BCUT2D eigenvalue weighted by Crippen LogP contribution is 2.31. The highest BCUT2D eigenvalue weighted by atomic mass is 35.5. The summed E-state index contributed by atoms with van der Waals surface area (Å²) in [5.74, 6) is 0.420. The molecule has 6 N–H and O–H groups in total. The molecule has 0 aliphatic rings. The Morgan fingerprint density at radius 1 is 1.24 bits per heavy atom. The summed E-state index contributed by atoms with van der Waals surface area (Å²) in [4.78, 5) is 16.2. The molecule has 0 bridgehead atoms. The van der Waals surface area contributed by atoms with E-state index in [2.05, 4.69) is 20.9 Å². The van der Waals surface area contributed by atoms with Crippen LogP contribution >= 0.6 is 22.9 Å². The summed E-state index contributed by atoms with van der Waals surface area (Å²) < 4.78 is 11.7. The lowest BCUT2D eigenvalue weighted by atomic mass is 10.1. The summed E-state index contributed by atoms with van der Waals surface area (Å²) in [5, 5.41) is 38.4. The van der Waals surface area contributed by atoms with E-state index in [4.69, 9.17) is 31.6 Å². The van der Waals surface area contributed by atoms with Gasteiger partial charge in [-0.15, -0.1) is 11.3 Å². The smallest absolute Gasteiger partial charge is 0.249 e. The molecule has 2 aromatic carbocycles. The van der Waals surface area contributed by atoms with Crippen LogP contribution < -0.4 is 25.4 Å². The number of amides is 1. The van der Waals surface area contributed by atoms with Gasteiger partial charge in [0.2, 0.25) is 5.91 Å². The van der Waals surface area contributed by atoms with Crippen molar-refractivity contribution in [3.05, 3.63) is 63.6 Å². The van der Waals surface area contributed by atoms with Crippen molar-refractivity contribution in [3.8, 4) is 11.5 Å². The third kappa shape index (κ3) is 8.05. The van der Waals surface area contributed by atoms with E-state index < -0.39 is 18.1 Å². The first kappa shape index (κ1) is 28.2. The Balaban J connectivity index is 1.67. The van der Waals surface area contributed by atoms with Crippen LogP contribution in [-0.4, -0.2) is 59.3 Å². The number of halogens is 1. The van der Waals surface area contributed by atoms with Crippen molar-refractivity contribution in [2.75, 3.05) is 30.9 Å². The molecule has 1 amide bonds. The Morgan fingerprint density at radius 2 is 2.05 bits per heavy atom. The Morgan fingerprint density at radius 3 is 2.73 bits per heavy atom. The number of aliphatic hydroxyl groups is 2. The highest BCUT2D eigenvalue weighted by molar-refractivity contribution is 7.07. The van der Waals surface area contributed by atoms with E-state index in [1.54, 1.807) is 49.8 Å². The quantitative estimate of drug-likeness (QED) is 0.141. The van der Waals surface area contributed by atoms with Gasteiger partial charge >= 0.3 is 0 Å². The molecule has 0 saturated heterocycles. The molecule has 0 aliphatic carbocycles. The van der Waals surface area contributed by atoms with E-state index in [1.165, 1.54) is 11.3 Å². The standard InChI is InChI=1S/C25H30ClN5O5S/c1-15(30-25(34)20(33)8-9-32)11-35-22-5-3-4-19(28-2)23(22)24(27)31-16-6-7-21(18(26)10-16)36-12-17-13-37-14-29-17/h3-7,10,13-15,20,28,32-33H,8-9,11-12H2,1-2H3,(H2,27,31)(H,30,34)/t15-,20-/m1/s1. The summed E-state index contributed by atoms with van der Waals surface area (Å²) in [7, 11) is 1.74. The maximum absolute atomic E-state index is 12.0. The third-order valence-electron chi connectivity index (χ3n) is 5.19. The van der Waals surface area contributed by atoms with E-state index in [0.29, 0.717) is 40.1 Å². The second-order valence-electron chi connectivity index (χ2n) is 8.09. The molecule has 37 heavy (non-hydrogen) atoms. The minimum absolute atomic E-state index is 0.0421. The average Bonchev–Trinajstić information content (AvgIpc) is 3.40. The Kier molecular flexibility index (Phi) is 10.5. The summed E-state index contributed by atoms with van der Waals surface area (Å²) >= 11 is 7.89. The zero-order valence-electron chi connectivity index (χ0n) is 20.5. The van der Waals surface area contributed by atoms with Gasteiger partial charge in [0.15, 0.2) is 0 Å². The highest BCUT2D eigenvalue weighted by Gasteiger charge is 2.19. The normalized spacial score (nSPS) is 12.4. The molecule has 3 aromatic rings. The molecule has 0 saturated carbocycles. The lowest BCUT2D eigenvalue weighted by molar-refractivity contribution is -0.130. The van der Waals surface area contributed by atoms with E-state index in [1.807, 2.05) is 11.4 Å². The molecule has 0 aliphatic heterocycles. The maximum Gasteiger partial charge on any atom is 0.249 e. The van der Waals surface area contributed by atoms with Crippen molar-refractivity contribution in [3.63, 3.8) is 0 Å². The number of carbonyl (C=O) groups excluding carboxylic acids is 1. The van der Waals surface area contributed by atoms with E-state index in [0.717, 1.165) is 5.69 Å². The summed E-state index contributed by atoms with van der Waals surface area (Å²) in [6, 6.07) is 10.1. The van der Waals surface area contributed by atoms with Crippen LogP contribution in [0.2, 0.25) is 5.02 Å². The predicted molar refractivity (Wildman–Crippen MR) is 145 cm³/mol. The van der Waals surface area contributed by atoms with Crippen LogP contribution in [0.4, 0.5) is 11.4 Å². The van der Waals surface area contributed by atoms with Crippen LogP contribution in [0, 0.1) is 5.41 Å². The van der Waals surface area contributed by atoms with Gasteiger partial charge in [0, 0.05) is 36.8 Å². The van der Waals surface area contributed by atoms with Crippen LogP contribution in [-0.2, 0) is 11.4 Å². The van der Waals surface area contributed by atoms with Gasteiger partial charge in [-0.25, -0.2) is 4.98 Å². The van der Waals surface area contributed by atoms with E-state index in [-0.39, 0.29) is 25.5 Å². The van der Waals surface area contributed by atoms with Crippen molar-refractivity contribution >= 4 is 46.1 Å². The lowest BCUT2D eigenvalue weighted by Crippen LogP contribution is -2.43. The number of amidine groups is 1. The summed E-state index contributed by atoms with van der Waals surface area (Å²) in [6.07, 6.45) is -1.33. The Labute approximate surface area is 224 Å². The molecule has 198 valence electrons.